The minimum Gasteiger partial charge on any atom is -0.461 e. The van der Waals surface area contributed by atoms with E-state index in [1.165, 1.54) is 24.3 Å². The summed E-state index contributed by atoms with van der Waals surface area (Å²) in [5, 5.41) is 10.5. The highest BCUT2D eigenvalue weighted by molar-refractivity contribution is 5.92. The van der Waals surface area contributed by atoms with Gasteiger partial charge in [-0.3, -0.25) is 10.1 Å². The zero-order valence-corrected chi connectivity index (χ0v) is 9.25. The lowest BCUT2D eigenvalue weighted by Gasteiger charge is -2.01. The topological polar surface area (TPSA) is 95.5 Å². The number of nitro groups is 1. The van der Waals surface area contributed by atoms with Gasteiger partial charge in [-0.25, -0.2) is 4.79 Å². The molecule has 0 saturated heterocycles. The first-order valence-corrected chi connectivity index (χ1v) is 4.93. The van der Waals surface area contributed by atoms with Crippen LogP contribution in [0.2, 0.25) is 0 Å². The van der Waals surface area contributed by atoms with E-state index in [0.29, 0.717) is 5.56 Å². The average molecular weight is 236 g/mol. The minimum absolute atomic E-state index is 0.0598. The Morgan fingerprint density at radius 1 is 1.59 bits per heavy atom. The van der Waals surface area contributed by atoms with Crippen molar-refractivity contribution in [3.63, 3.8) is 0 Å². The molecule has 0 bridgehead atoms. The van der Waals surface area contributed by atoms with Crippen molar-refractivity contribution in [1.29, 1.82) is 0 Å². The molecule has 0 aromatic heterocycles. The molecule has 0 aliphatic rings. The summed E-state index contributed by atoms with van der Waals surface area (Å²) in [5.41, 5.74) is 5.80. The molecule has 0 aliphatic carbocycles. The molecule has 0 radical (unpaired) electrons. The van der Waals surface area contributed by atoms with Crippen molar-refractivity contribution in [2.75, 3.05) is 6.61 Å². The first-order valence-electron chi connectivity index (χ1n) is 4.93. The largest absolute Gasteiger partial charge is 0.461 e. The second-order valence-corrected chi connectivity index (χ2v) is 3.17. The van der Waals surface area contributed by atoms with Crippen LogP contribution in [0.4, 0.5) is 5.69 Å². The summed E-state index contributed by atoms with van der Waals surface area (Å²) in [7, 11) is 0. The van der Waals surface area contributed by atoms with Crippen molar-refractivity contribution in [3.8, 4) is 0 Å². The molecule has 0 spiro atoms. The highest BCUT2D eigenvalue weighted by Gasteiger charge is 2.08. The maximum atomic E-state index is 11.2. The number of esters is 1. The Hall–Kier alpha value is -2.37. The monoisotopic (exact) mass is 236 g/mol. The molecule has 1 aromatic rings. The fourth-order valence-corrected chi connectivity index (χ4v) is 1.18. The molecule has 6 heteroatoms. The lowest BCUT2D eigenvalue weighted by molar-refractivity contribution is -0.384. The van der Waals surface area contributed by atoms with E-state index in [4.69, 9.17) is 5.73 Å². The Bertz CT molecular complexity index is 468. The molecule has 0 fully saturated rings. The van der Waals surface area contributed by atoms with Crippen molar-refractivity contribution in [2.45, 2.75) is 6.92 Å². The number of nitrogens with zero attached hydrogens (tertiary/aromatic N) is 1. The van der Waals surface area contributed by atoms with Crippen LogP contribution in [0.5, 0.6) is 0 Å². The van der Waals surface area contributed by atoms with E-state index in [0.717, 1.165) is 0 Å². The van der Waals surface area contributed by atoms with Gasteiger partial charge in [-0.2, -0.15) is 0 Å². The third-order valence-corrected chi connectivity index (χ3v) is 1.91. The van der Waals surface area contributed by atoms with E-state index in [1.807, 2.05) is 0 Å². The van der Waals surface area contributed by atoms with Gasteiger partial charge in [-0.1, -0.05) is 12.1 Å². The molecular formula is C11H12N2O4. The zero-order valence-electron chi connectivity index (χ0n) is 9.25. The molecule has 1 rings (SSSR count). The quantitative estimate of drug-likeness (QED) is 0.369. The molecule has 6 nitrogen and oxygen atoms in total. The Labute approximate surface area is 97.8 Å². The average Bonchev–Trinajstić information content (AvgIpc) is 2.29. The molecule has 90 valence electrons. The Morgan fingerprint density at radius 3 is 2.88 bits per heavy atom. The predicted molar refractivity (Wildman–Crippen MR) is 61.9 cm³/mol. The second kappa shape index (κ2) is 5.64. The van der Waals surface area contributed by atoms with Gasteiger partial charge >= 0.3 is 5.97 Å². The van der Waals surface area contributed by atoms with Crippen LogP contribution in [0.15, 0.2) is 30.0 Å². The van der Waals surface area contributed by atoms with Crippen LogP contribution in [0, 0.1) is 10.1 Å². The van der Waals surface area contributed by atoms with E-state index in [9.17, 15) is 14.9 Å². The van der Waals surface area contributed by atoms with E-state index in [1.54, 1.807) is 13.0 Å². The fraction of sp³-hybridized carbons (Fsp3) is 0.182. The minimum atomic E-state index is -0.640. The molecular weight excluding hydrogens is 224 g/mol. The molecule has 0 amide bonds. The van der Waals surface area contributed by atoms with Crippen molar-refractivity contribution < 1.29 is 14.5 Å². The van der Waals surface area contributed by atoms with E-state index in [2.05, 4.69) is 4.74 Å². The lowest BCUT2D eigenvalue weighted by atomic mass is 10.2. The van der Waals surface area contributed by atoms with Crippen LogP contribution in [0.3, 0.4) is 0 Å². The van der Waals surface area contributed by atoms with Gasteiger partial charge in [0, 0.05) is 12.1 Å². The number of benzene rings is 1. The number of carbonyl (C=O) groups excluding carboxylic acids is 1. The smallest absolute Gasteiger partial charge is 0.354 e. The number of carbonyl (C=O) groups is 1. The number of nitro benzene ring substituents is 1. The molecule has 2 N–H and O–H groups in total. The summed E-state index contributed by atoms with van der Waals surface area (Å²) in [6.07, 6.45) is 1.34. The lowest BCUT2D eigenvalue weighted by Crippen LogP contribution is -2.14. The summed E-state index contributed by atoms with van der Waals surface area (Å²) in [6, 6.07) is 5.81. The molecule has 1 aromatic carbocycles. The summed E-state index contributed by atoms with van der Waals surface area (Å²) in [6.45, 7) is 1.89. The number of nitrogens with two attached hydrogens (primary N) is 1. The summed E-state index contributed by atoms with van der Waals surface area (Å²) < 4.78 is 4.69. The normalized spacial score (nSPS) is 11.0. The third-order valence-electron chi connectivity index (χ3n) is 1.91. The molecule has 0 atom stereocenters. The Balaban J connectivity index is 2.94. The standard InChI is InChI=1S/C11H12N2O4/c1-2-17-11(14)10(12)7-8-4-3-5-9(6-8)13(15)16/h3-7H,2,12H2,1H3/b10-7-. The van der Waals surface area contributed by atoms with Crippen molar-refractivity contribution in [3.05, 3.63) is 45.6 Å². The number of hydrogen-bond acceptors (Lipinski definition) is 5. The summed E-state index contributed by atoms with van der Waals surface area (Å²) in [5.74, 6) is -0.640. The van der Waals surface area contributed by atoms with E-state index in [-0.39, 0.29) is 18.0 Å². The molecule has 0 unspecified atom stereocenters. The third kappa shape index (κ3) is 3.60. The Kier molecular flexibility index (Phi) is 4.21. The highest BCUT2D eigenvalue weighted by Crippen LogP contribution is 2.14. The van der Waals surface area contributed by atoms with Crippen LogP contribution in [-0.2, 0) is 9.53 Å². The number of rotatable bonds is 4. The predicted octanol–water partition coefficient (Wildman–Crippen LogP) is 1.46. The number of ether oxygens (including phenoxy) is 1. The van der Waals surface area contributed by atoms with E-state index >= 15 is 0 Å². The van der Waals surface area contributed by atoms with E-state index < -0.39 is 10.9 Å². The zero-order chi connectivity index (χ0) is 12.8. The van der Waals surface area contributed by atoms with Crippen LogP contribution < -0.4 is 5.73 Å². The molecule has 0 heterocycles. The molecule has 0 aliphatic heterocycles. The van der Waals surface area contributed by atoms with Gasteiger partial charge in [-0.05, 0) is 18.6 Å². The van der Waals surface area contributed by atoms with Crippen molar-refractivity contribution in [2.24, 2.45) is 5.73 Å². The first-order chi connectivity index (χ1) is 8.04. The number of hydrogen-bond donors (Lipinski definition) is 1. The van der Waals surface area contributed by atoms with Gasteiger partial charge in [0.2, 0.25) is 0 Å². The van der Waals surface area contributed by atoms with Crippen molar-refractivity contribution >= 4 is 17.7 Å². The van der Waals surface area contributed by atoms with Gasteiger partial charge < -0.3 is 10.5 Å². The summed E-state index contributed by atoms with van der Waals surface area (Å²) >= 11 is 0. The number of non-ortho nitro benzene ring substituents is 1. The maximum absolute atomic E-state index is 11.2. The van der Waals surface area contributed by atoms with Crippen LogP contribution >= 0.6 is 0 Å². The SMILES string of the molecule is CCOC(=O)/C(N)=C/c1cccc([N+](=O)[O-])c1. The van der Waals surface area contributed by atoms with Crippen LogP contribution in [-0.4, -0.2) is 17.5 Å². The molecule has 0 saturated carbocycles. The summed E-state index contributed by atoms with van der Waals surface area (Å²) in [4.78, 5) is 21.2. The van der Waals surface area contributed by atoms with Gasteiger partial charge in [0.05, 0.1) is 11.5 Å². The molecule has 17 heavy (non-hydrogen) atoms. The second-order valence-electron chi connectivity index (χ2n) is 3.17. The van der Waals surface area contributed by atoms with Crippen molar-refractivity contribution in [1.82, 2.24) is 0 Å². The first kappa shape index (κ1) is 12.7. The van der Waals surface area contributed by atoms with Gasteiger partial charge in [-0.15, -0.1) is 0 Å². The van der Waals surface area contributed by atoms with Gasteiger partial charge in [0.15, 0.2) is 0 Å². The van der Waals surface area contributed by atoms with Crippen LogP contribution in [0.25, 0.3) is 6.08 Å². The maximum Gasteiger partial charge on any atom is 0.354 e. The Morgan fingerprint density at radius 2 is 2.29 bits per heavy atom. The fourth-order valence-electron chi connectivity index (χ4n) is 1.18. The van der Waals surface area contributed by atoms with Gasteiger partial charge in [0.1, 0.15) is 5.70 Å². The van der Waals surface area contributed by atoms with Gasteiger partial charge in [0.25, 0.3) is 5.69 Å². The van der Waals surface area contributed by atoms with Crippen LogP contribution in [0.1, 0.15) is 12.5 Å². The highest BCUT2D eigenvalue weighted by atomic mass is 16.6.